The lowest BCUT2D eigenvalue weighted by molar-refractivity contribution is 0.171. The molecule has 0 aliphatic heterocycles. The molecule has 0 spiro atoms. The minimum absolute atomic E-state index is 0.548. The SMILES string of the molecule is COCCn1ncc(Br)c1C(O)c1cccc(Br)c1. The average Bonchev–Trinajstić information content (AvgIpc) is 2.76. The van der Waals surface area contributed by atoms with Crippen LogP contribution in [0.25, 0.3) is 0 Å². The summed E-state index contributed by atoms with van der Waals surface area (Å²) in [4.78, 5) is 0. The summed E-state index contributed by atoms with van der Waals surface area (Å²) in [6, 6.07) is 7.60. The van der Waals surface area contributed by atoms with Gasteiger partial charge in [-0.05, 0) is 33.6 Å². The maximum Gasteiger partial charge on any atom is 0.122 e. The first-order chi connectivity index (χ1) is 9.13. The van der Waals surface area contributed by atoms with Crippen molar-refractivity contribution < 1.29 is 9.84 Å². The van der Waals surface area contributed by atoms with Crippen LogP contribution >= 0.6 is 31.9 Å². The minimum atomic E-state index is -0.730. The maximum absolute atomic E-state index is 10.5. The predicted octanol–water partition coefficient (Wildman–Crippen LogP) is 3.14. The Balaban J connectivity index is 2.32. The van der Waals surface area contributed by atoms with Gasteiger partial charge in [0.05, 0.1) is 29.5 Å². The monoisotopic (exact) mass is 388 g/mol. The Morgan fingerprint density at radius 3 is 2.89 bits per heavy atom. The second-order valence-corrected chi connectivity index (χ2v) is 5.82. The lowest BCUT2D eigenvalue weighted by atomic mass is 10.1. The fraction of sp³-hybridized carbons (Fsp3) is 0.308. The van der Waals surface area contributed by atoms with Crippen molar-refractivity contribution in [1.29, 1.82) is 0 Å². The summed E-state index contributed by atoms with van der Waals surface area (Å²) >= 11 is 6.84. The second-order valence-electron chi connectivity index (χ2n) is 4.05. The van der Waals surface area contributed by atoms with E-state index in [1.807, 2.05) is 24.3 Å². The summed E-state index contributed by atoms with van der Waals surface area (Å²) < 4.78 is 8.52. The van der Waals surface area contributed by atoms with Gasteiger partial charge in [-0.15, -0.1) is 0 Å². The normalized spacial score (nSPS) is 12.6. The van der Waals surface area contributed by atoms with Crippen molar-refractivity contribution in [3.63, 3.8) is 0 Å². The van der Waals surface area contributed by atoms with E-state index < -0.39 is 6.10 Å². The van der Waals surface area contributed by atoms with Crippen molar-refractivity contribution in [3.8, 4) is 0 Å². The Labute approximate surface area is 128 Å². The summed E-state index contributed by atoms with van der Waals surface area (Å²) in [6.45, 7) is 1.15. The van der Waals surface area contributed by atoms with Gasteiger partial charge in [0, 0.05) is 11.6 Å². The number of benzene rings is 1. The highest BCUT2D eigenvalue weighted by molar-refractivity contribution is 9.10. The van der Waals surface area contributed by atoms with E-state index in [0.29, 0.717) is 13.2 Å². The van der Waals surface area contributed by atoms with Crippen molar-refractivity contribution in [2.75, 3.05) is 13.7 Å². The molecule has 1 aromatic heterocycles. The molecular weight excluding hydrogens is 376 g/mol. The van der Waals surface area contributed by atoms with Gasteiger partial charge in [0.2, 0.25) is 0 Å². The van der Waals surface area contributed by atoms with Crippen LogP contribution in [0.5, 0.6) is 0 Å². The van der Waals surface area contributed by atoms with Gasteiger partial charge >= 0.3 is 0 Å². The van der Waals surface area contributed by atoms with Crippen molar-refractivity contribution in [3.05, 3.63) is 50.7 Å². The molecule has 0 bridgehead atoms. The summed E-state index contributed by atoms with van der Waals surface area (Å²) in [6.07, 6.45) is 0.956. The number of rotatable bonds is 5. The molecule has 0 aliphatic rings. The Morgan fingerprint density at radius 2 is 2.21 bits per heavy atom. The topological polar surface area (TPSA) is 47.3 Å². The molecule has 102 valence electrons. The first-order valence-corrected chi connectivity index (χ1v) is 7.35. The minimum Gasteiger partial charge on any atom is -0.383 e. The van der Waals surface area contributed by atoms with Crippen molar-refractivity contribution in [2.24, 2.45) is 0 Å². The van der Waals surface area contributed by atoms with Crippen LogP contribution < -0.4 is 0 Å². The van der Waals surface area contributed by atoms with Crippen LogP contribution in [0.15, 0.2) is 39.4 Å². The molecule has 0 fully saturated rings. The molecule has 1 atom stereocenters. The molecule has 4 nitrogen and oxygen atoms in total. The maximum atomic E-state index is 10.5. The lowest BCUT2D eigenvalue weighted by Crippen LogP contribution is -2.13. The van der Waals surface area contributed by atoms with E-state index in [-0.39, 0.29) is 0 Å². The number of halogens is 2. The van der Waals surface area contributed by atoms with E-state index in [1.165, 1.54) is 0 Å². The quantitative estimate of drug-likeness (QED) is 0.854. The Bertz CT molecular complexity index is 557. The fourth-order valence-electron chi connectivity index (χ4n) is 1.83. The zero-order chi connectivity index (χ0) is 13.8. The number of aliphatic hydroxyl groups excluding tert-OH is 1. The molecule has 1 N–H and O–H groups in total. The number of hydrogen-bond donors (Lipinski definition) is 1. The lowest BCUT2D eigenvalue weighted by Gasteiger charge is -2.14. The first kappa shape index (κ1) is 14.7. The molecule has 1 aromatic carbocycles. The summed E-state index contributed by atoms with van der Waals surface area (Å²) in [5.41, 5.74) is 1.55. The van der Waals surface area contributed by atoms with E-state index in [0.717, 1.165) is 20.2 Å². The molecule has 2 aromatic rings. The zero-order valence-electron chi connectivity index (χ0n) is 10.4. The van der Waals surface area contributed by atoms with Gasteiger partial charge < -0.3 is 9.84 Å². The number of aliphatic hydroxyl groups is 1. The van der Waals surface area contributed by atoms with Gasteiger partial charge in [0.1, 0.15) is 6.10 Å². The van der Waals surface area contributed by atoms with Gasteiger partial charge in [0.25, 0.3) is 0 Å². The number of hydrogen-bond acceptors (Lipinski definition) is 3. The summed E-state index contributed by atoms with van der Waals surface area (Å²) in [5, 5.41) is 14.8. The van der Waals surface area contributed by atoms with E-state index >= 15 is 0 Å². The Kier molecular flexibility index (Phi) is 5.15. The fourth-order valence-corrected chi connectivity index (χ4v) is 2.76. The van der Waals surface area contributed by atoms with Gasteiger partial charge in [-0.25, -0.2) is 0 Å². The van der Waals surface area contributed by atoms with Gasteiger partial charge in [-0.3, -0.25) is 4.68 Å². The van der Waals surface area contributed by atoms with Crippen LogP contribution in [0.2, 0.25) is 0 Å². The molecule has 19 heavy (non-hydrogen) atoms. The highest BCUT2D eigenvalue weighted by Crippen LogP contribution is 2.29. The van der Waals surface area contributed by atoms with Gasteiger partial charge in [-0.1, -0.05) is 28.1 Å². The largest absolute Gasteiger partial charge is 0.383 e. The van der Waals surface area contributed by atoms with E-state index in [9.17, 15) is 5.11 Å². The first-order valence-electron chi connectivity index (χ1n) is 5.77. The standard InChI is InChI=1S/C13H14Br2N2O2/c1-19-6-5-17-12(11(15)8-16-17)13(18)9-3-2-4-10(14)7-9/h2-4,7-8,13,18H,5-6H2,1H3. The molecule has 1 unspecified atom stereocenters. The molecule has 0 aliphatic carbocycles. The van der Waals surface area contributed by atoms with E-state index in [1.54, 1.807) is 18.0 Å². The Hall–Kier alpha value is -0.690. The van der Waals surface area contributed by atoms with Crippen LogP contribution in [-0.4, -0.2) is 28.6 Å². The molecule has 0 saturated carbocycles. The smallest absolute Gasteiger partial charge is 0.122 e. The van der Waals surface area contributed by atoms with E-state index in [4.69, 9.17) is 4.74 Å². The molecule has 0 saturated heterocycles. The van der Waals surface area contributed by atoms with Crippen LogP contribution in [0, 0.1) is 0 Å². The molecule has 1 heterocycles. The van der Waals surface area contributed by atoms with Crippen LogP contribution in [0.3, 0.4) is 0 Å². The highest BCUT2D eigenvalue weighted by atomic mass is 79.9. The second kappa shape index (κ2) is 6.65. The van der Waals surface area contributed by atoms with Crippen LogP contribution in [-0.2, 0) is 11.3 Å². The predicted molar refractivity (Wildman–Crippen MR) is 80.0 cm³/mol. The molecule has 6 heteroatoms. The molecule has 2 rings (SSSR count). The third-order valence-electron chi connectivity index (χ3n) is 2.76. The van der Waals surface area contributed by atoms with Crippen molar-refractivity contribution >= 4 is 31.9 Å². The number of methoxy groups -OCH3 is 1. The molecular formula is C13H14Br2N2O2. The molecule has 0 amide bonds. The van der Waals surface area contributed by atoms with Crippen LogP contribution in [0.4, 0.5) is 0 Å². The number of ether oxygens (including phenoxy) is 1. The molecule has 0 radical (unpaired) electrons. The van der Waals surface area contributed by atoms with Gasteiger partial charge in [-0.2, -0.15) is 5.10 Å². The Morgan fingerprint density at radius 1 is 1.42 bits per heavy atom. The highest BCUT2D eigenvalue weighted by Gasteiger charge is 2.19. The number of nitrogens with zero attached hydrogens (tertiary/aromatic N) is 2. The third-order valence-corrected chi connectivity index (χ3v) is 3.87. The summed E-state index contributed by atoms with van der Waals surface area (Å²) in [7, 11) is 1.64. The van der Waals surface area contributed by atoms with Crippen LogP contribution in [0.1, 0.15) is 17.4 Å². The van der Waals surface area contributed by atoms with Gasteiger partial charge in [0.15, 0.2) is 0 Å². The van der Waals surface area contributed by atoms with Crippen molar-refractivity contribution in [1.82, 2.24) is 9.78 Å². The average molecular weight is 390 g/mol. The number of aromatic nitrogens is 2. The third kappa shape index (κ3) is 3.45. The van der Waals surface area contributed by atoms with Crippen molar-refractivity contribution in [2.45, 2.75) is 12.6 Å². The zero-order valence-corrected chi connectivity index (χ0v) is 13.6. The van der Waals surface area contributed by atoms with E-state index in [2.05, 4.69) is 37.0 Å². The summed E-state index contributed by atoms with van der Waals surface area (Å²) in [5.74, 6) is 0.